The number of hydrogen-bond donors (Lipinski definition) is 1. The molecule has 2 atom stereocenters. The lowest BCUT2D eigenvalue weighted by Crippen LogP contribution is -2.23. The Labute approximate surface area is 152 Å². The van der Waals surface area contributed by atoms with Crippen LogP contribution in [0.1, 0.15) is 27.9 Å². The van der Waals surface area contributed by atoms with Gasteiger partial charge in [-0.3, -0.25) is 0 Å². The molecule has 0 saturated heterocycles. The van der Waals surface area contributed by atoms with Gasteiger partial charge in [0.05, 0.1) is 6.61 Å². The number of fused-ring (bicyclic) bond motifs is 1. The zero-order valence-electron chi connectivity index (χ0n) is 13.8. The van der Waals surface area contributed by atoms with Gasteiger partial charge in [0.2, 0.25) is 0 Å². The van der Waals surface area contributed by atoms with Crippen LogP contribution >= 0.6 is 11.8 Å². The van der Waals surface area contributed by atoms with E-state index in [1.165, 1.54) is 11.1 Å². The summed E-state index contributed by atoms with van der Waals surface area (Å²) in [6.45, 7) is 0.584. The maximum Gasteiger partial charge on any atom is 0.123 e. The Bertz CT molecular complexity index is 847. The van der Waals surface area contributed by atoms with Crippen molar-refractivity contribution in [2.24, 2.45) is 0 Å². The number of para-hydroxylation sites is 2. The molecule has 1 aliphatic rings. The second-order valence-electron chi connectivity index (χ2n) is 6.23. The van der Waals surface area contributed by atoms with Gasteiger partial charge in [-0.2, -0.15) is 0 Å². The van der Waals surface area contributed by atoms with Gasteiger partial charge in [0.15, 0.2) is 0 Å². The van der Waals surface area contributed by atoms with Gasteiger partial charge in [-0.25, -0.2) is 0 Å². The average molecular weight is 348 g/mol. The van der Waals surface area contributed by atoms with E-state index in [2.05, 4.69) is 36.4 Å². The highest BCUT2D eigenvalue weighted by Crippen LogP contribution is 2.50. The Hall–Kier alpha value is -2.39. The van der Waals surface area contributed by atoms with E-state index < -0.39 is 0 Å². The minimum Gasteiger partial charge on any atom is -0.508 e. The number of thioether (sulfide) groups is 1. The normalized spacial score (nSPS) is 19.0. The van der Waals surface area contributed by atoms with Crippen LogP contribution in [0.3, 0.4) is 0 Å². The molecule has 3 heteroatoms. The number of rotatable bonds is 4. The Morgan fingerprint density at radius 1 is 0.840 bits per heavy atom. The predicted octanol–water partition coefficient (Wildman–Crippen LogP) is 5.54. The van der Waals surface area contributed by atoms with Gasteiger partial charge in [-0.1, -0.05) is 66.7 Å². The molecule has 1 N–H and O–H groups in total. The van der Waals surface area contributed by atoms with Gasteiger partial charge in [-0.15, -0.1) is 11.8 Å². The highest BCUT2D eigenvalue weighted by atomic mass is 32.2. The molecule has 1 heterocycles. The van der Waals surface area contributed by atoms with Crippen LogP contribution in [-0.4, -0.2) is 11.7 Å². The maximum absolute atomic E-state index is 10.3. The molecule has 2 nitrogen and oxygen atoms in total. The molecule has 1 aliphatic heterocycles. The first kappa shape index (κ1) is 16.1. The SMILES string of the molecule is Oc1ccccc1C1COc2ccccc2C1SCc1ccccc1. The van der Waals surface area contributed by atoms with E-state index in [1.54, 1.807) is 6.07 Å². The van der Waals surface area contributed by atoms with Gasteiger partial charge < -0.3 is 9.84 Å². The third-order valence-electron chi connectivity index (χ3n) is 4.62. The van der Waals surface area contributed by atoms with Crippen LogP contribution in [0.4, 0.5) is 0 Å². The molecule has 0 aromatic heterocycles. The lowest BCUT2D eigenvalue weighted by atomic mass is 9.89. The Morgan fingerprint density at radius 3 is 2.32 bits per heavy atom. The third-order valence-corrected chi connectivity index (χ3v) is 6.06. The fourth-order valence-electron chi connectivity index (χ4n) is 3.35. The monoisotopic (exact) mass is 348 g/mol. The van der Waals surface area contributed by atoms with Gasteiger partial charge in [-0.05, 0) is 17.7 Å². The zero-order chi connectivity index (χ0) is 17.1. The maximum atomic E-state index is 10.3. The second kappa shape index (κ2) is 7.24. The van der Waals surface area contributed by atoms with Gasteiger partial charge in [0, 0.05) is 28.0 Å². The van der Waals surface area contributed by atoms with E-state index in [9.17, 15) is 5.11 Å². The highest BCUT2D eigenvalue weighted by molar-refractivity contribution is 7.98. The first-order valence-corrected chi connectivity index (χ1v) is 9.53. The quantitative estimate of drug-likeness (QED) is 0.671. The number of aromatic hydroxyl groups is 1. The van der Waals surface area contributed by atoms with Crippen molar-refractivity contribution in [2.75, 3.05) is 6.61 Å². The summed E-state index contributed by atoms with van der Waals surface area (Å²) in [7, 11) is 0. The van der Waals surface area contributed by atoms with Crippen molar-refractivity contribution in [1.29, 1.82) is 0 Å². The summed E-state index contributed by atoms with van der Waals surface area (Å²) in [5.41, 5.74) is 3.48. The van der Waals surface area contributed by atoms with E-state index in [4.69, 9.17) is 4.74 Å². The van der Waals surface area contributed by atoms with Crippen LogP contribution in [0.15, 0.2) is 78.9 Å². The van der Waals surface area contributed by atoms with Crippen molar-refractivity contribution in [2.45, 2.75) is 16.9 Å². The highest BCUT2D eigenvalue weighted by Gasteiger charge is 2.33. The van der Waals surface area contributed by atoms with E-state index in [0.717, 1.165) is 17.1 Å². The average Bonchev–Trinajstić information content (AvgIpc) is 2.67. The Morgan fingerprint density at radius 2 is 1.52 bits per heavy atom. The molecule has 126 valence electrons. The standard InChI is InChI=1S/C22H20O2S/c23-20-12-6-4-10-17(20)19-14-24-21-13-7-5-11-18(21)22(19)25-15-16-8-2-1-3-9-16/h1-13,19,22-23H,14-15H2. The van der Waals surface area contributed by atoms with Crippen molar-refractivity contribution in [1.82, 2.24) is 0 Å². The van der Waals surface area contributed by atoms with E-state index >= 15 is 0 Å². The first-order chi connectivity index (χ1) is 12.3. The van der Waals surface area contributed by atoms with E-state index in [-0.39, 0.29) is 11.2 Å². The molecular formula is C22H20O2S. The van der Waals surface area contributed by atoms with Crippen molar-refractivity contribution < 1.29 is 9.84 Å². The summed E-state index contributed by atoms with van der Waals surface area (Å²) >= 11 is 1.91. The van der Waals surface area contributed by atoms with Gasteiger partial charge in [0.1, 0.15) is 11.5 Å². The molecule has 0 radical (unpaired) electrons. The number of ether oxygens (including phenoxy) is 1. The van der Waals surface area contributed by atoms with Crippen molar-refractivity contribution in [3.8, 4) is 11.5 Å². The van der Waals surface area contributed by atoms with Gasteiger partial charge >= 0.3 is 0 Å². The van der Waals surface area contributed by atoms with Crippen LogP contribution in [0.25, 0.3) is 0 Å². The summed E-state index contributed by atoms with van der Waals surface area (Å²) < 4.78 is 6.00. The van der Waals surface area contributed by atoms with Gasteiger partial charge in [0.25, 0.3) is 0 Å². The summed E-state index contributed by atoms with van der Waals surface area (Å²) in [5, 5.41) is 10.6. The minimum absolute atomic E-state index is 0.129. The molecule has 25 heavy (non-hydrogen) atoms. The van der Waals surface area contributed by atoms with E-state index in [0.29, 0.717) is 12.4 Å². The Kier molecular flexibility index (Phi) is 4.66. The second-order valence-corrected chi connectivity index (χ2v) is 7.36. The summed E-state index contributed by atoms with van der Waals surface area (Å²) in [6.07, 6.45) is 0. The molecule has 4 rings (SSSR count). The summed E-state index contributed by atoms with van der Waals surface area (Å²) in [4.78, 5) is 0. The molecule has 3 aromatic rings. The molecule has 0 saturated carbocycles. The minimum atomic E-state index is 0.129. The molecule has 3 aromatic carbocycles. The number of phenols is 1. The van der Waals surface area contributed by atoms with E-state index in [1.807, 2.05) is 48.2 Å². The van der Waals surface area contributed by atoms with Crippen molar-refractivity contribution in [3.63, 3.8) is 0 Å². The van der Waals surface area contributed by atoms with Crippen molar-refractivity contribution in [3.05, 3.63) is 95.6 Å². The lowest BCUT2D eigenvalue weighted by molar-refractivity contribution is 0.257. The topological polar surface area (TPSA) is 29.5 Å². The fraction of sp³-hybridized carbons (Fsp3) is 0.182. The smallest absolute Gasteiger partial charge is 0.123 e. The molecule has 0 aliphatic carbocycles. The predicted molar refractivity (Wildman–Crippen MR) is 103 cm³/mol. The lowest BCUT2D eigenvalue weighted by Gasteiger charge is -2.34. The molecule has 0 amide bonds. The first-order valence-electron chi connectivity index (χ1n) is 8.48. The zero-order valence-corrected chi connectivity index (χ0v) is 14.7. The Balaban J connectivity index is 1.67. The molecule has 0 spiro atoms. The van der Waals surface area contributed by atoms with Crippen LogP contribution < -0.4 is 4.74 Å². The van der Waals surface area contributed by atoms with Crippen LogP contribution in [0, 0.1) is 0 Å². The summed E-state index contributed by atoms with van der Waals surface area (Å²) in [5.74, 6) is 2.37. The van der Waals surface area contributed by atoms with Crippen LogP contribution in [0.2, 0.25) is 0 Å². The summed E-state index contributed by atoms with van der Waals surface area (Å²) in [6, 6.07) is 26.4. The molecule has 0 bridgehead atoms. The third kappa shape index (κ3) is 3.38. The molecule has 0 fully saturated rings. The van der Waals surface area contributed by atoms with Crippen LogP contribution in [0.5, 0.6) is 11.5 Å². The largest absolute Gasteiger partial charge is 0.508 e. The van der Waals surface area contributed by atoms with Crippen molar-refractivity contribution >= 4 is 11.8 Å². The number of phenolic OH excluding ortho intramolecular Hbond substituents is 1. The fourth-order valence-corrected chi connectivity index (χ4v) is 4.75. The number of benzene rings is 3. The molecular weight excluding hydrogens is 328 g/mol. The van der Waals surface area contributed by atoms with Crippen LogP contribution in [-0.2, 0) is 5.75 Å². The number of hydrogen-bond acceptors (Lipinski definition) is 3. The molecule has 2 unspecified atom stereocenters.